The van der Waals surface area contributed by atoms with Gasteiger partial charge < -0.3 is 4.52 Å². The summed E-state index contributed by atoms with van der Waals surface area (Å²) in [6, 6.07) is 10.5. The van der Waals surface area contributed by atoms with Crippen molar-refractivity contribution in [1.29, 1.82) is 0 Å². The monoisotopic (exact) mass is 459 g/mol. The molecule has 0 aliphatic carbocycles. The lowest BCUT2D eigenvalue weighted by Gasteiger charge is -2.35. The summed E-state index contributed by atoms with van der Waals surface area (Å²) in [7, 11) is -3.46. The minimum absolute atomic E-state index is 0.0985. The Morgan fingerprint density at radius 2 is 2.08 bits per heavy atom. The van der Waals surface area contributed by atoms with E-state index < -0.39 is 10.0 Å². The number of benzene rings is 1. The molecular weight excluding hydrogens is 450 g/mol. The average Bonchev–Trinajstić information content (AvgIpc) is 3.15. The normalized spacial score (nSPS) is 16.1. The van der Waals surface area contributed by atoms with Crippen LogP contribution in [0.3, 0.4) is 0 Å². The van der Waals surface area contributed by atoms with Crippen LogP contribution in [0.5, 0.6) is 0 Å². The number of thiophene rings is 1. The van der Waals surface area contributed by atoms with E-state index in [1.165, 1.54) is 15.6 Å². The van der Waals surface area contributed by atoms with E-state index in [0.29, 0.717) is 34.0 Å². The van der Waals surface area contributed by atoms with E-state index in [1.54, 1.807) is 24.3 Å². The average molecular weight is 461 g/mol. The van der Waals surface area contributed by atoms with E-state index >= 15 is 0 Å². The largest absolute Gasteiger partial charge is 0.339 e. The number of halogens is 2. The summed E-state index contributed by atoms with van der Waals surface area (Å²) in [5, 5.41) is 4.55. The summed E-state index contributed by atoms with van der Waals surface area (Å²) >= 11 is 10.5. The van der Waals surface area contributed by atoms with Gasteiger partial charge in [-0.15, -0.1) is 11.3 Å². The lowest BCUT2D eigenvalue weighted by atomic mass is 10.0. The zero-order valence-electron chi connectivity index (χ0n) is 12.6. The highest BCUT2D eigenvalue weighted by molar-refractivity contribution is 9.11. The van der Waals surface area contributed by atoms with Crippen molar-refractivity contribution in [2.45, 2.75) is 10.1 Å². The molecule has 1 aromatic carbocycles. The van der Waals surface area contributed by atoms with Gasteiger partial charge >= 0.3 is 0 Å². The molecule has 0 spiro atoms. The Bertz CT molecular complexity index is 1030. The first-order valence-corrected chi connectivity index (χ1v) is 10.7. The lowest BCUT2D eigenvalue weighted by Crippen LogP contribution is -2.48. The number of sulfonamides is 1. The Morgan fingerprint density at radius 3 is 2.76 bits per heavy atom. The lowest BCUT2D eigenvalue weighted by molar-refractivity contribution is 0.217. The molecule has 1 aliphatic rings. The molecule has 3 heterocycles. The van der Waals surface area contributed by atoms with Crippen LogP contribution in [0.1, 0.15) is 11.8 Å². The summed E-state index contributed by atoms with van der Waals surface area (Å²) < 4.78 is 32.8. The zero-order chi connectivity index (χ0) is 17.6. The first-order chi connectivity index (χ1) is 11.9. The van der Waals surface area contributed by atoms with Crippen molar-refractivity contribution in [3.63, 3.8) is 0 Å². The first-order valence-electron chi connectivity index (χ1n) is 7.28. The second-order valence-electron chi connectivity index (χ2n) is 5.54. The number of nitrogens with zero attached hydrogens (tertiary/aromatic N) is 3. The number of hydrogen-bond donors (Lipinski definition) is 0. The highest BCUT2D eigenvalue weighted by Gasteiger charge is 2.41. The fourth-order valence-electron chi connectivity index (χ4n) is 2.50. The topological polar surface area (TPSA) is 76.3 Å². The quantitative estimate of drug-likeness (QED) is 0.588. The Hall–Kier alpha value is -1.26. The van der Waals surface area contributed by atoms with Crippen LogP contribution >= 0.6 is 38.9 Å². The van der Waals surface area contributed by atoms with E-state index in [0.717, 1.165) is 9.35 Å². The molecule has 25 heavy (non-hydrogen) atoms. The van der Waals surface area contributed by atoms with Gasteiger partial charge in [-0.25, -0.2) is 8.42 Å². The van der Waals surface area contributed by atoms with E-state index in [1.807, 2.05) is 12.1 Å². The molecule has 0 saturated carbocycles. The highest BCUT2D eigenvalue weighted by Crippen LogP contribution is 2.35. The van der Waals surface area contributed by atoms with Crippen LogP contribution in [-0.2, 0) is 10.0 Å². The second kappa shape index (κ2) is 6.48. The van der Waals surface area contributed by atoms with Crippen molar-refractivity contribution in [2.75, 3.05) is 13.1 Å². The maximum atomic E-state index is 12.5. The van der Waals surface area contributed by atoms with Crippen LogP contribution in [0.15, 0.2) is 48.9 Å². The maximum Gasteiger partial charge on any atom is 0.252 e. The third-order valence-electron chi connectivity index (χ3n) is 3.86. The van der Waals surface area contributed by atoms with Crippen molar-refractivity contribution in [3.05, 3.63) is 51.1 Å². The van der Waals surface area contributed by atoms with Crippen LogP contribution in [-0.4, -0.2) is 36.0 Å². The van der Waals surface area contributed by atoms with Gasteiger partial charge in [0.15, 0.2) is 0 Å². The molecule has 0 N–H and O–H groups in total. The molecule has 0 atom stereocenters. The molecule has 1 saturated heterocycles. The summed E-state index contributed by atoms with van der Waals surface area (Å²) in [6.45, 7) is 0.657. The number of rotatable bonds is 4. The Morgan fingerprint density at radius 1 is 1.28 bits per heavy atom. The van der Waals surface area contributed by atoms with Gasteiger partial charge in [-0.1, -0.05) is 28.9 Å². The first kappa shape index (κ1) is 17.2. The molecule has 3 aromatic rings. The fourth-order valence-corrected chi connectivity index (χ4v) is 6.39. The number of hydrogen-bond acceptors (Lipinski definition) is 6. The van der Waals surface area contributed by atoms with E-state index in [-0.39, 0.29) is 5.92 Å². The standard InChI is InChI=1S/C15H11BrClN3O3S2/c16-12-4-5-13(24-12)25(21,22)20-7-10(8-20)15-18-14(19-23-15)9-2-1-3-11(17)6-9/h1-6,10H,7-8H2. The van der Waals surface area contributed by atoms with Crippen LogP contribution < -0.4 is 0 Å². The molecule has 6 nitrogen and oxygen atoms in total. The van der Waals surface area contributed by atoms with Gasteiger partial charge in [0, 0.05) is 23.7 Å². The van der Waals surface area contributed by atoms with Gasteiger partial charge in [0.25, 0.3) is 10.0 Å². The van der Waals surface area contributed by atoms with Gasteiger partial charge in [0.1, 0.15) is 4.21 Å². The summed E-state index contributed by atoms with van der Waals surface area (Å²) in [5.74, 6) is 0.786. The molecule has 2 aromatic heterocycles. The van der Waals surface area contributed by atoms with Gasteiger partial charge in [-0.2, -0.15) is 9.29 Å². The summed E-state index contributed by atoms with van der Waals surface area (Å²) in [5.41, 5.74) is 0.759. The smallest absolute Gasteiger partial charge is 0.252 e. The van der Waals surface area contributed by atoms with Gasteiger partial charge in [-0.05, 0) is 40.2 Å². The third-order valence-corrected chi connectivity index (χ3v) is 8.02. The molecule has 10 heteroatoms. The van der Waals surface area contributed by atoms with Gasteiger partial charge in [-0.3, -0.25) is 0 Å². The molecule has 0 unspecified atom stereocenters. The second-order valence-corrected chi connectivity index (χ2v) is 10.6. The van der Waals surface area contributed by atoms with Crippen molar-refractivity contribution >= 4 is 48.9 Å². The Labute approximate surface area is 161 Å². The minimum Gasteiger partial charge on any atom is -0.339 e. The van der Waals surface area contributed by atoms with Gasteiger partial charge in [0.05, 0.1) is 9.70 Å². The molecular formula is C15H11BrClN3O3S2. The molecule has 0 radical (unpaired) electrons. The Balaban J connectivity index is 1.48. The SMILES string of the molecule is O=S(=O)(c1ccc(Br)s1)N1CC(c2nc(-c3cccc(Cl)c3)no2)C1. The maximum absolute atomic E-state index is 12.5. The van der Waals surface area contributed by atoms with E-state index in [9.17, 15) is 8.42 Å². The fraction of sp³-hybridized carbons (Fsp3) is 0.200. The van der Waals surface area contributed by atoms with Crippen LogP contribution in [0.25, 0.3) is 11.4 Å². The van der Waals surface area contributed by atoms with E-state index in [2.05, 4.69) is 26.1 Å². The van der Waals surface area contributed by atoms with Crippen molar-refractivity contribution < 1.29 is 12.9 Å². The van der Waals surface area contributed by atoms with Crippen molar-refractivity contribution in [2.24, 2.45) is 0 Å². The van der Waals surface area contributed by atoms with Crippen molar-refractivity contribution in [1.82, 2.24) is 14.4 Å². The molecule has 1 fully saturated rings. The van der Waals surface area contributed by atoms with Crippen LogP contribution in [0, 0.1) is 0 Å². The number of aromatic nitrogens is 2. The summed E-state index contributed by atoms with van der Waals surface area (Å²) in [6.07, 6.45) is 0. The molecule has 1 aliphatic heterocycles. The van der Waals surface area contributed by atoms with Crippen molar-refractivity contribution in [3.8, 4) is 11.4 Å². The predicted molar refractivity (Wildman–Crippen MR) is 98.3 cm³/mol. The van der Waals surface area contributed by atoms with Crippen LogP contribution in [0.4, 0.5) is 0 Å². The van der Waals surface area contributed by atoms with Gasteiger partial charge in [0.2, 0.25) is 11.7 Å². The molecule has 0 amide bonds. The third kappa shape index (κ3) is 3.26. The summed E-state index contributed by atoms with van der Waals surface area (Å²) in [4.78, 5) is 4.37. The molecule has 0 bridgehead atoms. The molecule has 130 valence electrons. The Kier molecular flexibility index (Phi) is 4.45. The predicted octanol–water partition coefficient (Wildman–Crippen LogP) is 4.00. The van der Waals surface area contributed by atoms with E-state index in [4.69, 9.17) is 16.1 Å². The molecule has 4 rings (SSSR count). The highest BCUT2D eigenvalue weighted by atomic mass is 79.9. The zero-order valence-corrected chi connectivity index (χ0v) is 16.6. The van der Waals surface area contributed by atoms with Crippen LogP contribution in [0.2, 0.25) is 5.02 Å². The minimum atomic E-state index is -3.46.